The second-order valence-corrected chi connectivity index (χ2v) is 5.88. The molecule has 0 N–H and O–H groups in total. The van der Waals surface area contributed by atoms with Crippen LogP contribution < -0.4 is 0 Å². The van der Waals surface area contributed by atoms with Gasteiger partial charge in [-0.2, -0.15) is 0 Å². The van der Waals surface area contributed by atoms with Crippen molar-refractivity contribution in [1.29, 1.82) is 0 Å². The second kappa shape index (κ2) is 5.17. The molecule has 1 aliphatic carbocycles. The third-order valence-corrected chi connectivity index (χ3v) is 4.69. The molecule has 0 aromatic heterocycles. The van der Waals surface area contributed by atoms with E-state index in [1.165, 1.54) is 32.1 Å². The number of hydrogen-bond acceptors (Lipinski definition) is 3. The molecule has 0 bridgehead atoms. The fraction of sp³-hybridized carbons (Fsp3) is 0.929. The summed E-state index contributed by atoms with van der Waals surface area (Å²) < 4.78 is 10.9. The van der Waals surface area contributed by atoms with Crippen molar-refractivity contribution in [2.75, 3.05) is 19.8 Å². The topological polar surface area (TPSA) is 38.8 Å². The van der Waals surface area contributed by atoms with Gasteiger partial charge in [-0.1, -0.05) is 12.8 Å². The van der Waals surface area contributed by atoms with Gasteiger partial charge in [-0.3, -0.25) is 4.79 Å². The zero-order valence-corrected chi connectivity index (χ0v) is 11.1. The maximum absolute atomic E-state index is 12.6. The molecule has 102 valence electrons. The largest absolute Gasteiger partial charge is 0.376 e. The molecule has 4 nitrogen and oxygen atoms in total. The molecule has 3 aliphatic rings. The molecule has 4 atom stereocenters. The molecule has 0 aromatic carbocycles. The van der Waals surface area contributed by atoms with E-state index in [4.69, 9.17) is 9.47 Å². The smallest absolute Gasteiger partial charge is 0.254 e. The number of hydrogen-bond donors (Lipinski definition) is 0. The highest BCUT2D eigenvalue weighted by atomic mass is 16.6. The van der Waals surface area contributed by atoms with Crippen LogP contribution in [0.5, 0.6) is 0 Å². The Balaban J connectivity index is 1.71. The van der Waals surface area contributed by atoms with Crippen LogP contribution in [0.4, 0.5) is 0 Å². The lowest BCUT2D eigenvalue weighted by molar-refractivity contribution is -0.161. The molecule has 2 aliphatic heterocycles. The Labute approximate surface area is 109 Å². The number of amides is 1. The van der Waals surface area contributed by atoms with E-state index < -0.39 is 0 Å². The van der Waals surface area contributed by atoms with Crippen molar-refractivity contribution in [3.8, 4) is 0 Å². The number of likely N-dealkylation sites (tertiary alicyclic amines) is 1. The Morgan fingerprint density at radius 2 is 2.06 bits per heavy atom. The summed E-state index contributed by atoms with van der Waals surface area (Å²) in [7, 11) is 0. The summed E-state index contributed by atoms with van der Waals surface area (Å²) in [4.78, 5) is 14.7. The van der Waals surface area contributed by atoms with Gasteiger partial charge in [0, 0.05) is 12.1 Å². The second-order valence-electron chi connectivity index (χ2n) is 5.88. The molecule has 4 heteroatoms. The van der Waals surface area contributed by atoms with Crippen LogP contribution >= 0.6 is 0 Å². The van der Waals surface area contributed by atoms with Crippen LogP contribution in [0.2, 0.25) is 0 Å². The number of fused-ring (bicyclic) bond motifs is 1. The standard InChI is InChI=1S/C14H23NO3/c1-10-8-11-4-2-3-5-12(11)15(10)14(16)13-9-17-6-7-18-13/h10-13H,2-9H2,1H3. The summed E-state index contributed by atoms with van der Waals surface area (Å²) in [5.74, 6) is 0.888. The van der Waals surface area contributed by atoms with Crippen molar-refractivity contribution in [2.45, 2.75) is 57.2 Å². The molecule has 2 heterocycles. The van der Waals surface area contributed by atoms with Crippen molar-refractivity contribution in [1.82, 2.24) is 4.90 Å². The zero-order valence-electron chi connectivity index (χ0n) is 11.1. The van der Waals surface area contributed by atoms with Gasteiger partial charge in [0.25, 0.3) is 5.91 Å². The summed E-state index contributed by atoms with van der Waals surface area (Å²) in [6.07, 6.45) is 5.87. The minimum absolute atomic E-state index is 0.164. The van der Waals surface area contributed by atoms with Crippen molar-refractivity contribution in [2.24, 2.45) is 5.92 Å². The molecular formula is C14H23NO3. The van der Waals surface area contributed by atoms with E-state index in [2.05, 4.69) is 11.8 Å². The van der Waals surface area contributed by atoms with Crippen molar-refractivity contribution in [3.63, 3.8) is 0 Å². The van der Waals surface area contributed by atoms with E-state index in [-0.39, 0.29) is 12.0 Å². The van der Waals surface area contributed by atoms with Crippen LogP contribution in [0, 0.1) is 5.92 Å². The molecule has 3 fully saturated rings. The first kappa shape index (κ1) is 12.4. The number of ether oxygens (including phenoxy) is 2. The van der Waals surface area contributed by atoms with Gasteiger partial charge in [-0.25, -0.2) is 0 Å². The highest BCUT2D eigenvalue weighted by Crippen LogP contribution is 2.40. The van der Waals surface area contributed by atoms with Crippen LogP contribution in [-0.4, -0.2) is 48.8 Å². The third-order valence-electron chi connectivity index (χ3n) is 4.69. The Bertz CT molecular complexity index is 314. The minimum Gasteiger partial charge on any atom is -0.376 e. The van der Waals surface area contributed by atoms with Gasteiger partial charge in [0.2, 0.25) is 0 Å². The summed E-state index contributed by atoms with van der Waals surface area (Å²) in [6.45, 7) is 3.78. The average molecular weight is 253 g/mol. The van der Waals surface area contributed by atoms with Crippen molar-refractivity contribution < 1.29 is 14.3 Å². The Kier molecular flexibility index (Phi) is 3.57. The summed E-state index contributed by atoms with van der Waals surface area (Å²) in [5.41, 5.74) is 0. The highest BCUT2D eigenvalue weighted by Gasteiger charge is 2.44. The normalized spacial score (nSPS) is 40.6. The SMILES string of the molecule is CC1CC2CCCCC2N1C(=O)C1COCCO1. The summed E-state index contributed by atoms with van der Waals surface area (Å²) in [6, 6.07) is 0.836. The van der Waals surface area contributed by atoms with E-state index >= 15 is 0 Å². The van der Waals surface area contributed by atoms with Gasteiger partial charge in [0.05, 0.1) is 19.8 Å². The lowest BCUT2D eigenvalue weighted by Crippen LogP contribution is -2.50. The van der Waals surface area contributed by atoms with E-state index in [1.807, 2.05) is 0 Å². The Hall–Kier alpha value is -0.610. The average Bonchev–Trinajstić information content (AvgIpc) is 2.75. The lowest BCUT2D eigenvalue weighted by Gasteiger charge is -2.36. The predicted octanol–water partition coefficient (Wildman–Crippen LogP) is 1.58. The third kappa shape index (κ3) is 2.16. The van der Waals surface area contributed by atoms with E-state index in [9.17, 15) is 4.79 Å². The summed E-state index contributed by atoms with van der Waals surface area (Å²) >= 11 is 0. The maximum atomic E-state index is 12.6. The van der Waals surface area contributed by atoms with E-state index in [0.29, 0.717) is 31.9 Å². The van der Waals surface area contributed by atoms with Gasteiger partial charge in [-0.15, -0.1) is 0 Å². The maximum Gasteiger partial charge on any atom is 0.254 e. The minimum atomic E-state index is -0.359. The Morgan fingerprint density at radius 1 is 1.22 bits per heavy atom. The van der Waals surface area contributed by atoms with Gasteiger partial charge in [-0.05, 0) is 32.1 Å². The molecule has 1 saturated carbocycles. The van der Waals surface area contributed by atoms with E-state index in [0.717, 1.165) is 5.92 Å². The van der Waals surface area contributed by atoms with Crippen LogP contribution in [0.1, 0.15) is 39.0 Å². The van der Waals surface area contributed by atoms with Crippen LogP contribution in [0.3, 0.4) is 0 Å². The van der Waals surface area contributed by atoms with Crippen LogP contribution in [-0.2, 0) is 14.3 Å². The molecule has 0 spiro atoms. The van der Waals surface area contributed by atoms with Crippen LogP contribution in [0.25, 0.3) is 0 Å². The van der Waals surface area contributed by atoms with E-state index in [1.54, 1.807) is 0 Å². The number of nitrogens with zero attached hydrogens (tertiary/aromatic N) is 1. The first-order valence-corrected chi connectivity index (χ1v) is 7.29. The fourth-order valence-corrected chi connectivity index (χ4v) is 3.89. The van der Waals surface area contributed by atoms with Gasteiger partial charge in [0.1, 0.15) is 0 Å². The molecule has 4 unspecified atom stereocenters. The molecular weight excluding hydrogens is 230 g/mol. The molecule has 2 saturated heterocycles. The molecule has 1 amide bonds. The van der Waals surface area contributed by atoms with Crippen molar-refractivity contribution in [3.05, 3.63) is 0 Å². The molecule has 3 rings (SSSR count). The quantitative estimate of drug-likeness (QED) is 0.712. The number of rotatable bonds is 1. The lowest BCUT2D eigenvalue weighted by atomic mass is 9.85. The molecule has 18 heavy (non-hydrogen) atoms. The Morgan fingerprint density at radius 3 is 2.83 bits per heavy atom. The number of carbonyl (C=O) groups is 1. The summed E-state index contributed by atoms with van der Waals surface area (Å²) in [5, 5.41) is 0. The molecule has 0 aromatic rings. The fourth-order valence-electron chi connectivity index (χ4n) is 3.89. The van der Waals surface area contributed by atoms with Crippen LogP contribution in [0.15, 0.2) is 0 Å². The van der Waals surface area contributed by atoms with Gasteiger partial charge < -0.3 is 14.4 Å². The van der Waals surface area contributed by atoms with Gasteiger partial charge in [0.15, 0.2) is 6.10 Å². The zero-order chi connectivity index (χ0) is 12.5. The number of carbonyl (C=O) groups excluding carboxylic acids is 1. The first-order chi connectivity index (χ1) is 8.77. The monoisotopic (exact) mass is 253 g/mol. The predicted molar refractivity (Wildman–Crippen MR) is 67.2 cm³/mol. The first-order valence-electron chi connectivity index (χ1n) is 7.29. The van der Waals surface area contributed by atoms with Crippen molar-refractivity contribution >= 4 is 5.91 Å². The molecule has 0 radical (unpaired) electrons. The highest BCUT2D eigenvalue weighted by molar-refractivity contribution is 5.82. The van der Waals surface area contributed by atoms with Gasteiger partial charge >= 0.3 is 0 Å².